The molecule has 6 aromatic heterocycles. The maximum absolute atomic E-state index is 15.4. The Balaban J connectivity index is 1.16. The van der Waals surface area contributed by atoms with Crippen molar-refractivity contribution in [3.63, 3.8) is 0 Å². The molecule has 1 aliphatic rings. The van der Waals surface area contributed by atoms with E-state index in [4.69, 9.17) is 8.83 Å². The van der Waals surface area contributed by atoms with E-state index in [2.05, 4.69) is 29.9 Å². The Morgan fingerprint density at radius 1 is 0.472 bits per heavy atom. The zero-order valence-corrected chi connectivity index (χ0v) is 27.5. The van der Waals surface area contributed by atoms with Gasteiger partial charge in [0.15, 0.2) is 22.5 Å². The number of nitrogens with zero attached hydrogens (tertiary/aromatic N) is 6. The molecule has 2 aromatic carbocycles. The number of hydrogen-bond donors (Lipinski definition) is 0. The number of aryl methyl sites for hydroxylation is 2. The van der Waals surface area contributed by atoms with E-state index >= 15 is 26.3 Å². The summed E-state index contributed by atoms with van der Waals surface area (Å²) in [4.78, 5) is 26.4. The van der Waals surface area contributed by atoms with Gasteiger partial charge in [0.2, 0.25) is 17.2 Å². The lowest BCUT2D eigenvalue weighted by atomic mass is 9.75. The van der Waals surface area contributed by atoms with Crippen molar-refractivity contribution in [1.82, 2.24) is 29.9 Å². The fraction of sp³-hybridized carbons (Fsp3) is 0.128. The van der Waals surface area contributed by atoms with Gasteiger partial charge in [0.25, 0.3) is 0 Å². The lowest BCUT2D eigenvalue weighted by Crippen LogP contribution is -2.53. The fourth-order valence-electron chi connectivity index (χ4n) is 6.89. The van der Waals surface area contributed by atoms with E-state index in [0.29, 0.717) is 33.8 Å². The molecule has 0 atom stereocenters. The summed E-state index contributed by atoms with van der Waals surface area (Å²) >= 11 is 0. The van der Waals surface area contributed by atoms with E-state index < -0.39 is 28.9 Å². The molecule has 6 heterocycles. The molecule has 0 spiro atoms. The quantitative estimate of drug-likeness (QED) is 0.166. The largest absolute Gasteiger partial charge is 0.433 e. The van der Waals surface area contributed by atoms with Gasteiger partial charge in [0.1, 0.15) is 11.4 Å². The zero-order valence-electron chi connectivity index (χ0n) is 27.5. The third-order valence-corrected chi connectivity index (χ3v) is 9.30. The Bertz CT molecular complexity index is 2580. The van der Waals surface area contributed by atoms with E-state index in [1.54, 1.807) is 62.4 Å². The van der Waals surface area contributed by atoms with Crippen LogP contribution in [0, 0.1) is 13.8 Å². The Hall–Kier alpha value is -6.44. The first-order valence-electron chi connectivity index (χ1n) is 16.2. The number of oxazole rings is 2. The van der Waals surface area contributed by atoms with Crippen LogP contribution in [0.3, 0.4) is 0 Å². The van der Waals surface area contributed by atoms with Crippen molar-refractivity contribution in [2.24, 2.45) is 0 Å². The van der Waals surface area contributed by atoms with Crippen LogP contribution in [0.5, 0.6) is 0 Å². The Labute approximate surface area is 295 Å². The predicted molar refractivity (Wildman–Crippen MR) is 182 cm³/mol. The second-order valence-electron chi connectivity index (χ2n) is 12.7. The predicted octanol–water partition coefficient (Wildman–Crippen LogP) is 10.2. The summed E-state index contributed by atoms with van der Waals surface area (Å²) in [5, 5.41) is 0. The van der Waals surface area contributed by atoms with Crippen LogP contribution in [0.2, 0.25) is 0 Å². The van der Waals surface area contributed by atoms with Crippen molar-refractivity contribution in [3.05, 3.63) is 120 Å². The Morgan fingerprint density at radius 2 is 0.887 bits per heavy atom. The molecule has 14 heteroatoms. The minimum absolute atomic E-state index is 0.0407. The number of aromatic nitrogens is 6. The van der Waals surface area contributed by atoms with Crippen LogP contribution >= 0.6 is 0 Å². The Morgan fingerprint density at radius 3 is 1.30 bits per heavy atom. The number of alkyl halides is 6. The van der Waals surface area contributed by atoms with E-state index in [1.807, 2.05) is 0 Å². The number of fused-ring (bicyclic) bond motifs is 5. The fourth-order valence-corrected chi connectivity index (χ4v) is 6.89. The molecule has 0 aliphatic heterocycles. The van der Waals surface area contributed by atoms with Crippen LogP contribution in [-0.2, 0) is 5.41 Å². The summed E-state index contributed by atoms with van der Waals surface area (Å²) in [5.41, 5.74) is -3.00. The highest BCUT2D eigenvalue weighted by Crippen LogP contribution is 2.64. The van der Waals surface area contributed by atoms with Crippen molar-refractivity contribution >= 4 is 22.5 Å². The average molecular weight is 721 g/mol. The van der Waals surface area contributed by atoms with Gasteiger partial charge in [-0.25, -0.2) is 19.9 Å². The molecule has 53 heavy (non-hydrogen) atoms. The Kier molecular flexibility index (Phi) is 6.91. The van der Waals surface area contributed by atoms with Crippen LogP contribution in [-0.4, -0.2) is 42.3 Å². The van der Waals surface area contributed by atoms with Gasteiger partial charge in [0, 0.05) is 22.5 Å². The molecule has 0 saturated carbocycles. The first-order valence-corrected chi connectivity index (χ1v) is 16.2. The molecule has 262 valence electrons. The number of hydrogen-bond acceptors (Lipinski definition) is 8. The lowest BCUT2D eigenvalue weighted by molar-refractivity contribution is -0.287. The van der Waals surface area contributed by atoms with Gasteiger partial charge in [-0.2, -0.15) is 36.3 Å². The number of pyridine rings is 4. The zero-order chi connectivity index (χ0) is 36.9. The van der Waals surface area contributed by atoms with E-state index in [0.717, 1.165) is 12.1 Å². The summed E-state index contributed by atoms with van der Waals surface area (Å²) in [6.45, 7) is 3.58. The monoisotopic (exact) mass is 720 g/mol. The third-order valence-electron chi connectivity index (χ3n) is 9.30. The van der Waals surface area contributed by atoms with Crippen LogP contribution in [0.15, 0.2) is 106 Å². The molecule has 8 nitrogen and oxygen atoms in total. The summed E-state index contributed by atoms with van der Waals surface area (Å²) in [7, 11) is 0. The van der Waals surface area contributed by atoms with Gasteiger partial charge in [-0.1, -0.05) is 36.4 Å². The highest BCUT2D eigenvalue weighted by Gasteiger charge is 2.75. The topological polar surface area (TPSA) is 104 Å². The molecular formula is C39H22F6N6O2. The van der Waals surface area contributed by atoms with Gasteiger partial charge in [-0.3, -0.25) is 0 Å². The minimum atomic E-state index is -5.79. The summed E-state index contributed by atoms with van der Waals surface area (Å²) < 4.78 is 104. The van der Waals surface area contributed by atoms with E-state index in [1.165, 1.54) is 36.4 Å². The first kappa shape index (κ1) is 32.5. The maximum Gasteiger partial charge on any atom is 0.411 e. The third kappa shape index (κ3) is 4.99. The standard InChI is InChI=1S/C39H22F6N6O2/c1-19-9-15-31-33(46-19)50-35(52-31)29-7-3-5-27(48-29)21-11-13-23-24-14-12-22(18-26(24)37(25(23)17-21,38(40,41)42)39(43,44)45)28-6-4-8-30(49-28)36-51-34-32(53-36)16-10-20(2)47-34/h3-18H,1-2H3. The molecule has 0 amide bonds. The lowest BCUT2D eigenvalue weighted by Gasteiger charge is -2.36. The van der Waals surface area contributed by atoms with Gasteiger partial charge < -0.3 is 8.83 Å². The summed E-state index contributed by atoms with van der Waals surface area (Å²) in [6.07, 6.45) is -11.6. The minimum Gasteiger partial charge on any atom is -0.433 e. The molecule has 0 fully saturated rings. The molecule has 0 saturated heterocycles. The molecule has 8 aromatic rings. The van der Waals surface area contributed by atoms with Crippen molar-refractivity contribution in [2.45, 2.75) is 31.6 Å². The van der Waals surface area contributed by atoms with Crippen LogP contribution < -0.4 is 0 Å². The van der Waals surface area contributed by atoms with Gasteiger partial charge in [0.05, 0.1) is 11.4 Å². The highest BCUT2D eigenvalue weighted by molar-refractivity contribution is 5.87. The summed E-state index contributed by atoms with van der Waals surface area (Å²) in [5.74, 6) is 0.197. The van der Waals surface area contributed by atoms with E-state index in [9.17, 15) is 0 Å². The maximum atomic E-state index is 15.4. The summed E-state index contributed by atoms with van der Waals surface area (Å²) in [6, 6.07) is 23.4. The molecule has 0 radical (unpaired) electrons. The first-order chi connectivity index (χ1) is 25.3. The van der Waals surface area contributed by atoms with E-state index in [-0.39, 0.29) is 56.8 Å². The van der Waals surface area contributed by atoms with Crippen molar-refractivity contribution < 1.29 is 35.2 Å². The van der Waals surface area contributed by atoms with Crippen LogP contribution in [0.1, 0.15) is 22.5 Å². The highest BCUT2D eigenvalue weighted by atomic mass is 19.4. The van der Waals surface area contributed by atoms with Crippen LogP contribution in [0.4, 0.5) is 26.3 Å². The van der Waals surface area contributed by atoms with Gasteiger partial charge in [-0.15, -0.1) is 0 Å². The van der Waals surface area contributed by atoms with Crippen LogP contribution in [0.25, 0.3) is 79.3 Å². The van der Waals surface area contributed by atoms with Crippen molar-refractivity contribution in [3.8, 4) is 56.8 Å². The second kappa shape index (κ2) is 11.3. The van der Waals surface area contributed by atoms with Gasteiger partial charge in [-0.05, 0) is 96.8 Å². The van der Waals surface area contributed by atoms with Gasteiger partial charge >= 0.3 is 12.4 Å². The number of halogens is 6. The SMILES string of the molecule is Cc1ccc2oc(-c3cccc(-c4ccc5c(c4)C(C(F)(F)F)(C(F)(F)F)c4cc(-c6cccc(-c7nc8nc(C)ccc8o7)n6)ccc4-5)n3)nc2n1. The van der Waals surface area contributed by atoms with Crippen molar-refractivity contribution in [1.29, 1.82) is 0 Å². The second-order valence-corrected chi connectivity index (χ2v) is 12.7. The number of benzene rings is 2. The molecule has 0 bridgehead atoms. The molecule has 1 aliphatic carbocycles. The van der Waals surface area contributed by atoms with Crippen molar-refractivity contribution in [2.75, 3.05) is 0 Å². The normalized spacial score (nSPS) is 13.8. The molecule has 0 unspecified atom stereocenters. The number of rotatable bonds is 4. The average Bonchev–Trinajstić information content (AvgIpc) is 3.83. The molecule has 9 rings (SSSR count). The molecular weight excluding hydrogens is 698 g/mol. The smallest absolute Gasteiger partial charge is 0.411 e. The molecule has 0 N–H and O–H groups in total.